The third-order valence-corrected chi connectivity index (χ3v) is 3.37. The lowest BCUT2D eigenvalue weighted by Gasteiger charge is -2.18. The summed E-state index contributed by atoms with van der Waals surface area (Å²) < 4.78 is 18.5. The molecule has 0 saturated heterocycles. The first kappa shape index (κ1) is 18.9. The predicted molar refractivity (Wildman–Crippen MR) is 86.6 cm³/mol. The lowest BCUT2D eigenvalue weighted by Crippen LogP contribution is -2.37. The first-order valence-corrected chi connectivity index (χ1v) is 7.56. The number of carbonyl (C=O) groups excluding carboxylic acids is 2. The Hall–Kier alpha value is -2.11. The van der Waals surface area contributed by atoms with E-state index in [1.165, 1.54) is 19.2 Å². The van der Waals surface area contributed by atoms with Gasteiger partial charge in [-0.25, -0.2) is 4.39 Å². The topological polar surface area (TPSA) is 67.4 Å². The van der Waals surface area contributed by atoms with Crippen molar-refractivity contribution in [1.82, 2.24) is 10.6 Å². The zero-order valence-electron chi connectivity index (χ0n) is 14.3. The zero-order valence-corrected chi connectivity index (χ0v) is 14.3. The van der Waals surface area contributed by atoms with Crippen molar-refractivity contribution in [3.05, 3.63) is 29.6 Å². The smallest absolute Gasteiger partial charge is 0.225 e. The Balaban J connectivity index is 2.48. The summed E-state index contributed by atoms with van der Waals surface area (Å²) in [6.07, 6.45) is 0.171. The molecule has 128 valence electrons. The van der Waals surface area contributed by atoms with Gasteiger partial charge in [0.1, 0.15) is 0 Å². The standard InChI is InChI=1S/C17H25FN2O3/c1-11(12-6-7-14(23-5)13(18)10-12)20-15(21)8-9-19-16(22)17(2,3)4/h6-7,10-11H,8-9H2,1-5H3,(H,19,22)(H,20,21). The Labute approximate surface area is 136 Å². The molecular weight excluding hydrogens is 299 g/mol. The third kappa shape index (κ3) is 5.88. The molecule has 2 N–H and O–H groups in total. The van der Waals surface area contributed by atoms with Gasteiger partial charge in [0.2, 0.25) is 11.8 Å². The molecule has 1 rings (SSSR count). The van der Waals surface area contributed by atoms with Gasteiger partial charge in [-0.1, -0.05) is 26.8 Å². The highest BCUT2D eigenvalue weighted by atomic mass is 19.1. The highest BCUT2D eigenvalue weighted by molar-refractivity contribution is 5.82. The molecule has 1 aromatic carbocycles. The van der Waals surface area contributed by atoms with Gasteiger partial charge in [-0.3, -0.25) is 9.59 Å². The van der Waals surface area contributed by atoms with Gasteiger partial charge in [-0.2, -0.15) is 0 Å². The van der Waals surface area contributed by atoms with Crippen molar-refractivity contribution in [3.8, 4) is 5.75 Å². The zero-order chi connectivity index (χ0) is 17.6. The molecule has 0 aliphatic carbocycles. The minimum atomic E-state index is -0.482. The fourth-order valence-electron chi connectivity index (χ4n) is 1.90. The van der Waals surface area contributed by atoms with Crippen molar-refractivity contribution in [1.29, 1.82) is 0 Å². The number of nitrogens with one attached hydrogen (secondary N) is 2. The van der Waals surface area contributed by atoms with Crippen LogP contribution in [0.1, 0.15) is 45.7 Å². The molecule has 0 radical (unpaired) electrons. The number of carbonyl (C=O) groups is 2. The minimum Gasteiger partial charge on any atom is -0.494 e. The third-order valence-electron chi connectivity index (χ3n) is 3.37. The maximum Gasteiger partial charge on any atom is 0.225 e. The van der Waals surface area contributed by atoms with E-state index in [4.69, 9.17) is 4.74 Å². The number of hydrogen-bond acceptors (Lipinski definition) is 3. The maximum absolute atomic E-state index is 13.7. The van der Waals surface area contributed by atoms with Gasteiger partial charge in [0, 0.05) is 18.4 Å². The van der Waals surface area contributed by atoms with Crippen LogP contribution in [0.3, 0.4) is 0 Å². The SMILES string of the molecule is COc1ccc(C(C)NC(=O)CCNC(=O)C(C)(C)C)cc1F. The Morgan fingerprint density at radius 3 is 2.48 bits per heavy atom. The molecule has 6 heteroatoms. The first-order valence-electron chi connectivity index (χ1n) is 7.56. The average molecular weight is 324 g/mol. The summed E-state index contributed by atoms with van der Waals surface area (Å²) in [7, 11) is 1.40. The second-order valence-corrected chi connectivity index (χ2v) is 6.44. The van der Waals surface area contributed by atoms with Crippen molar-refractivity contribution >= 4 is 11.8 Å². The van der Waals surface area contributed by atoms with E-state index < -0.39 is 11.2 Å². The van der Waals surface area contributed by atoms with Crippen LogP contribution in [0.2, 0.25) is 0 Å². The number of benzene rings is 1. The Kier molecular flexibility index (Phi) is 6.54. The fraction of sp³-hybridized carbons (Fsp3) is 0.529. The number of amides is 2. The van der Waals surface area contributed by atoms with Gasteiger partial charge >= 0.3 is 0 Å². The van der Waals surface area contributed by atoms with E-state index >= 15 is 0 Å². The fourth-order valence-corrected chi connectivity index (χ4v) is 1.90. The second-order valence-electron chi connectivity index (χ2n) is 6.44. The predicted octanol–water partition coefficient (Wildman–Crippen LogP) is 2.56. The van der Waals surface area contributed by atoms with E-state index in [2.05, 4.69) is 10.6 Å². The van der Waals surface area contributed by atoms with Crippen LogP contribution < -0.4 is 15.4 Å². The van der Waals surface area contributed by atoms with Crippen molar-refractivity contribution in [2.24, 2.45) is 5.41 Å². The monoisotopic (exact) mass is 324 g/mol. The van der Waals surface area contributed by atoms with Crippen molar-refractivity contribution in [2.45, 2.75) is 40.2 Å². The van der Waals surface area contributed by atoms with Crippen LogP contribution in [-0.4, -0.2) is 25.5 Å². The maximum atomic E-state index is 13.7. The molecule has 0 aromatic heterocycles. The lowest BCUT2D eigenvalue weighted by molar-refractivity contribution is -0.128. The van der Waals surface area contributed by atoms with Crippen molar-refractivity contribution in [3.63, 3.8) is 0 Å². The Bertz CT molecular complexity index is 567. The molecule has 23 heavy (non-hydrogen) atoms. The highest BCUT2D eigenvalue weighted by Crippen LogP contribution is 2.21. The van der Waals surface area contributed by atoms with E-state index in [0.29, 0.717) is 5.56 Å². The van der Waals surface area contributed by atoms with Gasteiger partial charge in [-0.05, 0) is 24.6 Å². The molecule has 5 nitrogen and oxygen atoms in total. The summed E-state index contributed by atoms with van der Waals surface area (Å²) in [4.78, 5) is 23.6. The van der Waals surface area contributed by atoms with Gasteiger partial charge in [-0.15, -0.1) is 0 Å². The van der Waals surface area contributed by atoms with E-state index in [1.807, 2.05) is 20.8 Å². The Morgan fingerprint density at radius 1 is 1.30 bits per heavy atom. The van der Waals surface area contributed by atoms with Gasteiger partial charge in [0.15, 0.2) is 11.6 Å². The summed E-state index contributed by atoms with van der Waals surface area (Å²) in [6.45, 7) is 7.46. The lowest BCUT2D eigenvalue weighted by atomic mass is 9.96. The molecule has 0 aliphatic rings. The first-order chi connectivity index (χ1) is 10.6. The van der Waals surface area contributed by atoms with Crippen LogP contribution in [0, 0.1) is 11.2 Å². The number of methoxy groups -OCH3 is 1. The normalized spacial score (nSPS) is 12.4. The van der Waals surface area contributed by atoms with Crippen LogP contribution in [0.5, 0.6) is 5.75 Å². The number of ether oxygens (including phenoxy) is 1. The highest BCUT2D eigenvalue weighted by Gasteiger charge is 2.20. The summed E-state index contributed by atoms with van der Waals surface area (Å²) >= 11 is 0. The van der Waals surface area contributed by atoms with E-state index in [9.17, 15) is 14.0 Å². The molecule has 1 atom stereocenters. The molecule has 0 heterocycles. The number of hydrogen-bond donors (Lipinski definition) is 2. The summed E-state index contributed by atoms with van der Waals surface area (Å²) in [5.74, 6) is -0.612. The minimum absolute atomic E-state index is 0.101. The quantitative estimate of drug-likeness (QED) is 0.845. The van der Waals surface area contributed by atoms with E-state index in [-0.39, 0.29) is 36.6 Å². The molecule has 2 amide bonds. The molecule has 0 bridgehead atoms. The van der Waals surface area contributed by atoms with Crippen LogP contribution in [0.25, 0.3) is 0 Å². The van der Waals surface area contributed by atoms with Gasteiger partial charge in [0.05, 0.1) is 13.2 Å². The van der Waals surface area contributed by atoms with Gasteiger partial charge < -0.3 is 15.4 Å². The molecule has 0 spiro atoms. The van der Waals surface area contributed by atoms with Gasteiger partial charge in [0.25, 0.3) is 0 Å². The molecule has 0 fully saturated rings. The van der Waals surface area contributed by atoms with Crippen LogP contribution in [0.15, 0.2) is 18.2 Å². The van der Waals surface area contributed by atoms with Crippen LogP contribution in [-0.2, 0) is 9.59 Å². The van der Waals surface area contributed by atoms with E-state index in [1.54, 1.807) is 13.0 Å². The summed E-state index contributed by atoms with van der Waals surface area (Å²) in [6, 6.07) is 4.23. The molecule has 1 unspecified atom stereocenters. The van der Waals surface area contributed by atoms with Crippen molar-refractivity contribution < 1.29 is 18.7 Å². The summed E-state index contributed by atoms with van der Waals surface area (Å²) in [5.41, 5.74) is 0.167. The molecule has 0 saturated carbocycles. The average Bonchev–Trinajstić information content (AvgIpc) is 2.45. The molecular formula is C17H25FN2O3. The Morgan fingerprint density at radius 2 is 1.96 bits per heavy atom. The summed E-state index contributed by atoms with van der Waals surface area (Å²) in [5, 5.41) is 5.49. The van der Waals surface area contributed by atoms with Crippen molar-refractivity contribution in [2.75, 3.05) is 13.7 Å². The van der Waals surface area contributed by atoms with E-state index in [0.717, 1.165) is 0 Å². The number of rotatable bonds is 6. The largest absolute Gasteiger partial charge is 0.494 e. The second kappa shape index (κ2) is 7.94. The molecule has 0 aliphatic heterocycles. The van der Waals surface area contributed by atoms with Crippen LogP contribution >= 0.6 is 0 Å². The molecule has 1 aromatic rings. The van der Waals surface area contributed by atoms with Crippen LogP contribution in [0.4, 0.5) is 4.39 Å². The number of halogens is 1.